The first-order valence-electron chi connectivity index (χ1n) is 8.71. The van der Waals surface area contributed by atoms with Gasteiger partial charge in [0, 0.05) is 42.6 Å². The van der Waals surface area contributed by atoms with Gasteiger partial charge >= 0.3 is 0 Å². The van der Waals surface area contributed by atoms with E-state index in [0.717, 1.165) is 32.5 Å². The number of carbonyl (C=O) groups is 1. The van der Waals surface area contributed by atoms with Crippen molar-refractivity contribution in [3.05, 3.63) is 50.6 Å². The third-order valence-electron chi connectivity index (χ3n) is 4.30. The molecule has 7 heteroatoms. The van der Waals surface area contributed by atoms with Crippen molar-refractivity contribution in [1.29, 1.82) is 0 Å². The summed E-state index contributed by atoms with van der Waals surface area (Å²) in [7, 11) is 0. The van der Waals surface area contributed by atoms with E-state index in [1.54, 1.807) is 29.5 Å². The fraction of sp³-hybridized carbons (Fsp3) is 0.421. The maximum absolute atomic E-state index is 12.4. The minimum Gasteiger partial charge on any atom is -0.377 e. The summed E-state index contributed by atoms with van der Waals surface area (Å²) in [6.07, 6.45) is 2.86. The van der Waals surface area contributed by atoms with E-state index in [4.69, 9.17) is 27.9 Å². The number of ether oxygens (including phenoxy) is 1. The normalized spacial score (nSPS) is 17.0. The Morgan fingerprint density at radius 2 is 2.23 bits per heavy atom. The summed E-state index contributed by atoms with van der Waals surface area (Å²) in [5.74, 6) is -0.0716. The standard InChI is InChI=1S/C19H22Cl2N2O2S/c20-14-5-6-17(21)18(11-14)22-19(24)7-8-23(12-15-3-1-9-25-15)13-16-4-2-10-26-16/h2,4-6,10-11,15H,1,3,7-9,12-13H2,(H,22,24)/t15-/m0/s1. The number of hydrogen-bond donors (Lipinski definition) is 1. The van der Waals surface area contributed by atoms with Crippen molar-refractivity contribution in [2.45, 2.75) is 31.9 Å². The summed E-state index contributed by atoms with van der Waals surface area (Å²) in [5.41, 5.74) is 0.549. The molecule has 1 aromatic heterocycles. The second-order valence-electron chi connectivity index (χ2n) is 6.37. The number of nitrogens with one attached hydrogen (secondary N) is 1. The molecule has 1 aliphatic heterocycles. The first kappa shape index (κ1) is 19.6. The molecule has 1 amide bonds. The molecule has 0 saturated carbocycles. The lowest BCUT2D eigenvalue weighted by molar-refractivity contribution is -0.116. The van der Waals surface area contributed by atoms with Crippen LogP contribution >= 0.6 is 34.5 Å². The molecule has 3 rings (SSSR count). The molecule has 1 aromatic carbocycles. The van der Waals surface area contributed by atoms with E-state index in [0.29, 0.717) is 28.7 Å². The van der Waals surface area contributed by atoms with Gasteiger partial charge in [-0.15, -0.1) is 11.3 Å². The van der Waals surface area contributed by atoms with Crippen LogP contribution in [0.2, 0.25) is 10.0 Å². The minimum atomic E-state index is -0.0716. The topological polar surface area (TPSA) is 41.6 Å². The quantitative estimate of drug-likeness (QED) is 0.658. The van der Waals surface area contributed by atoms with Crippen molar-refractivity contribution in [3.63, 3.8) is 0 Å². The molecule has 0 aliphatic carbocycles. The average Bonchev–Trinajstić information content (AvgIpc) is 3.30. The second kappa shape index (κ2) is 9.72. The van der Waals surface area contributed by atoms with E-state index in [1.165, 1.54) is 4.88 Å². The van der Waals surface area contributed by atoms with Gasteiger partial charge in [0.25, 0.3) is 0 Å². The Kier molecular flexibility index (Phi) is 7.34. The predicted molar refractivity (Wildman–Crippen MR) is 108 cm³/mol. The van der Waals surface area contributed by atoms with Crippen LogP contribution in [0, 0.1) is 0 Å². The Hall–Kier alpha value is -1.11. The zero-order valence-corrected chi connectivity index (χ0v) is 16.7. The molecule has 1 fully saturated rings. The first-order valence-corrected chi connectivity index (χ1v) is 10.3. The van der Waals surface area contributed by atoms with Gasteiger partial charge in [-0.05, 0) is 42.5 Å². The number of anilines is 1. The van der Waals surface area contributed by atoms with E-state index in [1.807, 2.05) is 0 Å². The maximum Gasteiger partial charge on any atom is 0.225 e. The van der Waals surface area contributed by atoms with Crippen molar-refractivity contribution < 1.29 is 9.53 Å². The fourth-order valence-corrected chi connectivity index (χ4v) is 4.08. The lowest BCUT2D eigenvalue weighted by Crippen LogP contribution is -2.34. The van der Waals surface area contributed by atoms with Crippen molar-refractivity contribution in [2.75, 3.05) is 25.0 Å². The van der Waals surface area contributed by atoms with Gasteiger partial charge < -0.3 is 10.1 Å². The molecular formula is C19H22Cl2N2O2S. The van der Waals surface area contributed by atoms with Crippen LogP contribution in [-0.4, -0.2) is 36.6 Å². The number of rotatable bonds is 8. The Bertz CT molecular complexity index is 718. The van der Waals surface area contributed by atoms with Crippen molar-refractivity contribution in [2.24, 2.45) is 0 Å². The van der Waals surface area contributed by atoms with Crippen molar-refractivity contribution in [1.82, 2.24) is 4.90 Å². The molecule has 0 bridgehead atoms. The van der Waals surface area contributed by atoms with Gasteiger partial charge in [-0.3, -0.25) is 9.69 Å². The first-order chi connectivity index (χ1) is 12.6. The van der Waals surface area contributed by atoms with E-state index >= 15 is 0 Å². The largest absolute Gasteiger partial charge is 0.377 e. The van der Waals surface area contributed by atoms with Gasteiger partial charge in [0.2, 0.25) is 5.91 Å². The number of thiophene rings is 1. The smallest absolute Gasteiger partial charge is 0.225 e. The predicted octanol–water partition coefficient (Wildman–Crippen LogP) is 5.06. The summed E-state index contributed by atoms with van der Waals surface area (Å²) >= 11 is 13.8. The number of hydrogen-bond acceptors (Lipinski definition) is 4. The zero-order chi connectivity index (χ0) is 18.4. The summed E-state index contributed by atoms with van der Waals surface area (Å²) in [6.45, 7) is 3.19. The van der Waals surface area contributed by atoms with E-state index in [2.05, 4.69) is 27.7 Å². The summed E-state index contributed by atoms with van der Waals surface area (Å²) < 4.78 is 5.76. The van der Waals surface area contributed by atoms with Gasteiger partial charge in [0.05, 0.1) is 16.8 Å². The highest BCUT2D eigenvalue weighted by molar-refractivity contribution is 7.09. The van der Waals surface area contributed by atoms with Crippen LogP contribution in [0.3, 0.4) is 0 Å². The number of nitrogens with zero attached hydrogens (tertiary/aromatic N) is 1. The van der Waals surface area contributed by atoms with E-state index in [9.17, 15) is 4.79 Å². The van der Waals surface area contributed by atoms with Gasteiger partial charge in [-0.25, -0.2) is 0 Å². The molecule has 140 valence electrons. The SMILES string of the molecule is O=C(CCN(Cc1cccs1)C[C@@H]1CCCO1)Nc1cc(Cl)ccc1Cl. The Labute approximate surface area is 168 Å². The van der Waals surface area contributed by atoms with Gasteiger partial charge in [-0.1, -0.05) is 29.3 Å². The number of carbonyl (C=O) groups excluding carboxylic acids is 1. The molecule has 1 aliphatic rings. The van der Waals surface area contributed by atoms with Crippen LogP contribution in [0.5, 0.6) is 0 Å². The van der Waals surface area contributed by atoms with E-state index < -0.39 is 0 Å². The van der Waals surface area contributed by atoms with Crippen LogP contribution < -0.4 is 5.32 Å². The van der Waals surface area contributed by atoms with Gasteiger partial charge in [0.15, 0.2) is 0 Å². The lowest BCUT2D eigenvalue weighted by atomic mass is 10.2. The lowest BCUT2D eigenvalue weighted by Gasteiger charge is -2.24. The van der Waals surface area contributed by atoms with Crippen LogP contribution in [-0.2, 0) is 16.1 Å². The molecule has 2 aromatic rings. The Balaban J connectivity index is 1.55. The third-order valence-corrected chi connectivity index (χ3v) is 5.73. The Morgan fingerprint density at radius 3 is 2.96 bits per heavy atom. The summed E-state index contributed by atoms with van der Waals surface area (Å²) in [4.78, 5) is 15.9. The number of halogens is 2. The molecule has 0 spiro atoms. The monoisotopic (exact) mass is 412 g/mol. The van der Waals surface area contributed by atoms with Crippen LogP contribution in [0.4, 0.5) is 5.69 Å². The van der Waals surface area contributed by atoms with Crippen molar-refractivity contribution >= 4 is 46.1 Å². The molecular weight excluding hydrogens is 391 g/mol. The van der Waals surface area contributed by atoms with Crippen LogP contribution in [0.25, 0.3) is 0 Å². The third kappa shape index (κ3) is 5.96. The van der Waals surface area contributed by atoms with Crippen LogP contribution in [0.1, 0.15) is 24.1 Å². The highest BCUT2D eigenvalue weighted by Gasteiger charge is 2.20. The number of benzene rings is 1. The molecule has 1 saturated heterocycles. The minimum absolute atomic E-state index is 0.0716. The molecule has 2 heterocycles. The molecule has 4 nitrogen and oxygen atoms in total. The number of amides is 1. The van der Waals surface area contributed by atoms with Gasteiger partial charge in [-0.2, -0.15) is 0 Å². The Morgan fingerprint density at radius 1 is 1.35 bits per heavy atom. The average molecular weight is 413 g/mol. The maximum atomic E-state index is 12.4. The van der Waals surface area contributed by atoms with E-state index in [-0.39, 0.29) is 12.0 Å². The van der Waals surface area contributed by atoms with Crippen LogP contribution in [0.15, 0.2) is 35.7 Å². The molecule has 0 unspecified atom stereocenters. The molecule has 0 radical (unpaired) electrons. The fourth-order valence-electron chi connectivity index (χ4n) is 3.00. The zero-order valence-electron chi connectivity index (χ0n) is 14.4. The van der Waals surface area contributed by atoms with Crippen molar-refractivity contribution in [3.8, 4) is 0 Å². The molecule has 1 atom stereocenters. The molecule has 26 heavy (non-hydrogen) atoms. The van der Waals surface area contributed by atoms with Gasteiger partial charge in [0.1, 0.15) is 0 Å². The second-order valence-corrected chi connectivity index (χ2v) is 8.25. The highest BCUT2D eigenvalue weighted by Crippen LogP contribution is 2.25. The molecule has 1 N–H and O–H groups in total. The highest BCUT2D eigenvalue weighted by atomic mass is 35.5. The summed E-state index contributed by atoms with van der Waals surface area (Å²) in [5, 5.41) is 5.95. The summed E-state index contributed by atoms with van der Waals surface area (Å²) in [6, 6.07) is 9.22.